The molecule has 0 N–H and O–H groups in total. The standard InChI is InChI=1S/C24H31N5O6S/c1-15-9-25-23(26-10-15)16(2)17(3)36(30,31)13-21-27-28-24(18-11-34-14-35-12-18)29(21)22-19(32-4)7-6-8-20(22)33-5/h6-10,16-18H,11-14H2,1-5H3/t16-,17-/m0/s1. The fourth-order valence-corrected chi connectivity index (χ4v) is 5.64. The summed E-state index contributed by atoms with van der Waals surface area (Å²) in [7, 11) is -0.628. The number of hydrogen-bond acceptors (Lipinski definition) is 10. The van der Waals surface area contributed by atoms with Crippen molar-refractivity contribution in [2.45, 2.75) is 43.6 Å². The zero-order valence-corrected chi connectivity index (χ0v) is 21.9. The highest BCUT2D eigenvalue weighted by molar-refractivity contribution is 7.91. The van der Waals surface area contributed by atoms with Gasteiger partial charge in [0.2, 0.25) is 0 Å². The number of aryl methyl sites for hydroxylation is 1. The van der Waals surface area contributed by atoms with Crippen LogP contribution in [0.15, 0.2) is 30.6 Å². The second-order valence-corrected chi connectivity index (χ2v) is 11.2. The van der Waals surface area contributed by atoms with Gasteiger partial charge in [0, 0.05) is 18.3 Å². The van der Waals surface area contributed by atoms with Crippen LogP contribution in [0.2, 0.25) is 0 Å². The summed E-state index contributed by atoms with van der Waals surface area (Å²) in [6.45, 7) is 6.27. The fourth-order valence-electron chi connectivity index (χ4n) is 4.09. The first-order valence-electron chi connectivity index (χ1n) is 11.6. The third-order valence-electron chi connectivity index (χ3n) is 6.36. The lowest BCUT2D eigenvalue weighted by Gasteiger charge is -2.24. The van der Waals surface area contributed by atoms with Gasteiger partial charge in [-0.1, -0.05) is 13.0 Å². The van der Waals surface area contributed by atoms with E-state index in [2.05, 4.69) is 20.2 Å². The summed E-state index contributed by atoms with van der Waals surface area (Å²) in [6.07, 6.45) is 3.37. The van der Waals surface area contributed by atoms with E-state index >= 15 is 0 Å². The van der Waals surface area contributed by atoms with E-state index in [1.807, 2.05) is 13.8 Å². The Morgan fingerprint density at radius 3 is 2.25 bits per heavy atom. The first-order valence-corrected chi connectivity index (χ1v) is 13.3. The molecule has 1 fully saturated rings. The number of aromatic nitrogens is 5. The van der Waals surface area contributed by atoms with Gasteiger partial charge in [-0.3, -0.25) is 4.57 Å². The minimum Gasteiger partial charge on any atom is -0.494 e. The number of rotatable bonds is 9. The van der Waals surface area contributed by atoms with Crippen molar-refractivity contribution in [3.8, 4) is 17.2 Å². The summed E-state index contributed by atoms with van der Waals surface area (Å²) >= 11 is 0. The van der Waals surface area contributed by atoms with Gasteiger partial charge in [-0.15, -0.1) is 10.2 Å². The van der Waals surface area contributed by atoms with Crippen molar-refractivity contribution in [3.63, 3.8) is 0 Å². The third-order valence-corrected chi connectivity index (χ3v) is 8.56. The van der Waals surface area contributed by atoms with E-state index in [0.29, 0.717) is 42.0 Å². The van der Waals surface area contributed by atoms with Crippen molar-refractivity contribution >= 4 is 9.84 Å². The van der Waals surface area contributed by atoms with E-state index < -0.39 is 21.0 Å². The lowest BCUT2D eigenvalue weighted by Crippen LogP contribution is -2.28. The Balaban J connectivity index is 1.77. The maximum atomic E-state index is 13.6. The van der Waals surface area contributed by atoms with Crippen molar-refractivity contribution < 1.29 is 27.4 Å². The molecule has 11 nitrogen and oxygen atoms in total. The molecule has 0 saturated carbocycles. The first kappa shape index (κ1) is 26.0. The van der Waals surface area contributed by atoms with E-state index in [0.717, 1.165) is 5.56 Å². The number of sulfone groups is 1. The van der Waals surface area contributed by atoms with Gasteiger partial charge in [-0.2, -0.15) is 0 Å². The molecule has 2 aromatic heterocycles. The highest BCUT2D eigenvalue weighted by Crippen LogP contribution is 2.36. The Bertz CT molecular complexity index is 1270. The number of benzene rings is 1. The van der Waals surface area contributed by atoms with Crippen LogP contribution >= 0.6 is 0 Å². The SMILES string of the molecule is COc1cccc(OC)c1-n1c(CS(=O)(=O)[C@@H](C)[C@H](C)c2ncc(C)cn2)nnc1C1COCOC1. The number of hydrogen-bond donors (Lipinski definition) is 0. The van der Waals surface area contributed by atoms with Crippen LogP contribution in [0.5, 0.6) is 11.5 Å². The van der Waals surface area contributed by atoms with Gasteiger partial charge in [-0.05, 0) is 31.5 Å². The van der Waals surface area contributed by atoms with Crippen molar-refractivity contribution in [2.24, 2.45) is 0 Å². The maximum absolute atomic E-state index is 13.6. The van der Waals surface area contributed by atoms with Crippen molar-refractivity contribution in [2.75, 3.05) is 34.2 Å². The second-order valence-electron chi connectivity index (χ2n) is 8.80. The molecular weight excluding hydrogens is 486 g/mol. The normalized spacial score (nSPS) is 16.5. The van der Waals surface area contributed by atoms with Gasteiger partial charge in [-0.25, -0.2) is 18.4 Å². The summed E-state index contributed by atoms with van der Waals surface area (Å²) in [5, 5.41) is 7.92. The van der Waals surface area contributed by atoms with Gasteiger partial charge < -0.3 is 18.9 Å². The van der Waals surface area contributed by atoms with Crippen LogP contribution < -0.4 is 9.47 Å². The quantitative estimate of drug-likeness (QED) is 0.418. The molecule has 1 aliphatic heterocycles. The molecule has 12 heteroatoms. The number of nitrogens with zero attached hydrogens (tertiary/aromatic N) is 5. The van der Waals surface area contributed by atoms with Crippen LogP contribution in [0.3, 0.4) is 0 Å². The Hall–Kier alpha value is -3.09. The molecule has 4 rings (SSSR count). The molecule has 3 heterocycles. The van der Waals surface area contributed by atoms with Gasteiger partial charge in [0.05, 0.1) is 38.6 Å². The van der Waals surface area contributed by atoms with Gasteiger partial charge in [0.15, 0.2) is 15.7 Å². The second kappa shape index (κ2) is 10.9. The monoisotopic (exact) mass is 517 g/mol. The zero-order valence-electron chi connectivity index (χ0n) is 21.0. The number of para-hydroxylation sites is 1. The van der Waals surface area contributed by atoms with Crippen LogP contribution in [0, 0.1) is 6.92 Å². The van der Waals surface area contributed by atoms with Crippen molar-refractivity contribution in [1.82, 2.24) is 24.7 Å². The van der Waals surface area contributed by atoms with Gasteiger partial charge in [0.25, 0.3) is 0 Å². The van der Waals surface area contributed by atoms with E-state index in [4.69, 9.17) is 18.9 Å². The predicted octanol–water partition coefficient (Wildman–Crippen LogP) is 2.58. The molecule has 1 saturated heterocycles. The van der Waals surface area contributed by atoms with Crippen LogP contribution in [0.4, 0.5) is 0 Å². The lowest BCUT2D eigenvalue weighted by atomic mass is 10.1. The molecule has 0 spiro atoms. The van der Waals surface area contributed by atoms with E-state index in [1.165, 1.54) is 14.2 Å². The highest BCUT2D eigenvalue weighted by atomic mass is 32.2. The van der Waals surface area contributed by atoms with Crippen molar-refractivity contribution in [1.29, 1.82) is 0 Å². The number of methoxy groups -OCH3 is 2. The van der Waals surface area contributed by atoms with Crippen LogP contribution in [0.1, 0.15) is 48.7 Å². The fraction of sp³-hybridized carbons (Fsp3) is 0.500. The predicted molar refractivity (Wildman–Crippen MR) is 131 cm³/mol. The Morgan fingerprint density at radius 1 is 1.06 bits per heavy atom. The first-order chi connectivity index (χ1) is 17.3. The minimum atomic E-state index is -3.71. The van der Waals surface area contributed by atoms with Gasteiger partial charge >= 0.3 is 0 Å². The Morgan fingerprint density at radius 2 is 1.67 bits per heavy atom. The zero-order chi connectivity index (χ0) is 25.9. The molecule has 194 valence electrons. The third kappa shape index (κ3) is 5.20. The molecule has 3 aromatic rings. The molecule has 0 radical (unpaired) electrons. The molecule has 36 heavy (non-hydrogen) atoms. The molecule has 1 aliphatic rings. The summed E-state index contributed by atoms with van der Waals surface area (Å²) < 4.78 is 51.1. The Labute approximate surface area is 210 Å². The smallest absolute Gasteiger partial charge is 0.160 e. The van der Waals surface area contributed by atoms with Crippen LogP contribution in [-0.4, -0.2) is 72.6 Å². The van der Waals surface area contributed by atoms with Crippen LogP contribution in [-0.2, 0) is 25.1 Å². The summed E-state index contributed by atoms with van der Waals surface area (Å²) in [5.41, 5.74) is 1.42. The average Bonchev–Trinajstić information content (AvgIpc) is 3.30. The molecule has 1 aromatic carbocycles. The topological polar surface area (TPSA) is 128 Å². The summed E-state index contributed by atoms with van der Waals surface area (Å²) in [6, 6.07) is 5.33. The average molecular weight is 518 g/mol. The maximum Gasteiger partial charge on any atom is 0.160 e. The van der Waals surface area contributed by atoms with Gasteiger partial charge in [0.1, 0.15) is 41.4 Å². The largest absolute Gasteiger partial charge is 0.494 e. The molecule has 0 aliphatic carbocycles. The molecular formula is C24H31N5O6S. The molecule has 0 unspecified atom stereocenters. The molecule has 2 atom stereocenters. The highest BCUT2D eigenvalue weighted by Gasteiger charge is 2.34. The lowest BCUT2D eigenvalue weighted by molar-refractivity contribution is -0.109. The number of ether oxygens (including phenoxy) is 4. The Kier molecular flexibility index (Phi) is 7.86. The van der Waals surface area contributed by atoms with Crippen LogP contribution in [0.25, 0.3) is 5.69 Å². The van der Waals surface area contributed by atoms with E-state index in [-0.39, 0.29) is 24.3 Å². The van der Waals surface area contributed by atoms with E-state index in [9.17, 15) is 8.42 Å². The van der Waals surface area contributed by atoms with E-state index in [1.54, 1.807) is 42.1 Å². The molecule has 0 amide bonds. The summed E-state index contributed by atoms with van der Waals surface area (Å²) in [5.74, 6) is 1.16. The van der Waals surface area contributed by atoms with Crippen molar-refractivity contribution in [3.05, 3.63) is 53.6 Å². The molecule has 0 bridgehead atoms. The minimum absolute atomic E-state index is 0.195. The summed E-state index contributed by atoms with van der Waals surface area (Å²) in [4.78, 5) is 8.65.